The molecule has 1 spiro atoms. The molecular weight excluding hydrogens is 474 g/mol. The first kappa shape index (κ1) is 22.2. The monoisotopic (exact) mass is 495 g/mol. The summed E-state index contributed by atoms with van der Waals surface area (Å²) in [6.07, 6.45) is 0. The molecule has 4 aromatic rings. The summed E-state index contributed by atoms with van der Waals surface area (Å²) in [5.41, 5.74) is 2.25. The minimum atomic E-state index is -1.52. The van der Waals surface area contributed by atoms with Crippen LogP contribution in [0.1, 0.15) is 21.5 Å². The van der Waals surface area contributed by atoms with Gasteiger partial charge in [0.2, 0.25) is 5.66 Å². The van der Waals surface area contributed by atoms with E-state index >= 15 is 0 Å². The maximum absolute atomic E-state index is 14.6. The lowest BCUT2D eigenvalue weighted by Gasteiger charge is -2.45. The zero-order chi connectivity index (χ0) is 24.9. The van der Waals surface area contributed by atoms with Crippen LogP contribution in [0.2, 0.25) is 5.02 Å². The van der Waals surface area contributed by atoms with E-state index in [1.54, 1.807) is 36.3 Å². The van der Waals surface area contributed by atoms with Gasteiger partial charge in [-0.15, -0.1) is 0 Å². The van der Waals surface area contributed by atoms with Crippen LogP contribution in [0.25, 0.3) is 0 Å². The summed E-state index contributed by atoms with van der Waals surface area (Å²) in [4.78, 5) is 32.0. The lowest BCUT2D eigenvalue weighted by Crippen LogP contribution is -2.63. The number of benzene rings is 4. The van der Waals surface area contributed by atoms with Crippen LogP contribution in [0.4, 0.5) is 17.1 Å². The lowest BCUT2D eigenvalue weighted by molar-refractivity contribution is -0.122. The number of carbonyl (C=O) groups is 2. The number of nitrogens with zero attached hydrogens (tertiary/aromatic N) is 2. The average Bonchev–Trinajstić information content (AvgIpc) is 3.13. The number of anilines is 3. The maximum Gasteiger partial charge on any atom is 0.279 e. The number of fused-ring (bicyclic) bond motifs is 3. The number of carbonyl (C=O) groups excluding carboxylic acids is 2. The molecule has 2 heterocycles. The van der Waals surface area contributed by atoms with Gasteiger partial charge >= 0.3 is 0 Å². The van der Waals surface area contributed by atoms with Gasteiger partial charge < -0.3 is 15.0 Å². The zero-order valence-corrected chi connectivity index (χ0v) is 20.2. The highest BCUT2D eigenvalue weighted by Gasteiger charge is 2.60. The van der Waals surface area contributed by atoms with Crippen LogP contribution >= 0.6 is 11.6 Å². The van der Waals surface area contributed by atoms with Crippen LogP contribution in [0.3, 0.4) is 0 Å². The van der Waals surface area contributed by atoms with Crippen LogP contribution in [0, 0.1) is 0 Å². The van der Waals surface area contributed by atoms with Gasteiger partial charge in [-0.25, -0.2) is 0 Å². The molecule has 0 unspecified atom stereocenters. The molecule has 36 heavy (non-hydrogen) atoms. The number of ether oxygens (including phenoxy) is 1. The number of amides is 2. The van der Waals surface area contributed by atoms with Gasteiger partial charge in [-0.1, -0.05) is 72.3 Å². The molecule has 178 valence electrons. The SMILES string of the molecule is COc1ccccc1N1C(=O)c2ccccc2N[C@@]12C(=O)N(Cc1ccccc1Cl)c1ccccc12. The molecule has 0 fully saturated rings. The predicted octanol–water partition coefficient (Wildman–Crippen LogP) is 5.82. The van der Waals surface area contributed by atoms with E-state index < -0.39 is 5.66 Å². The van der Waals surface area contributed by atoms with Crippen molar-refractivity contribution < 1.29 is 14.3 Å². The number of nitrogens with one attached hydrogen (secondary N) is 1. The van der Waals surface area contributed by atoms with Gasteiger partial charge in [0.25, 0.3) is 11.8 Å². The van der Waals surface area contributed by atoms with Crippen LogP contribution in [-0.2, 0) is 17.0 Å². The highest BCUT2D eigenvalue weighted by molar-refractivity contribution is 6.31. The predicted molar refractivity (Wildman–Crippen MR) is 141 cm³/mol. The third kappa shape index (κ3) is 3.11. The fourth-order valence-electron chi connectivity index (χ4n) is 5.13. The number of rotatable bonds is 4. The largest absolute Gasteiger partial charge is 0.495 e. The van der Waals surface area contributed by atoms with Gasteiger partial charge in [0, 0.05) is 16.3 Å². The Kier molecular flexibility index (Phi) is 5.20. The average molecular weight is 496 g/mol. The van der Waals surface area contributed by atoms with Crippen molar-refractivity contribution in [1.82, 2.24) is 0 Å². The Morgan fingerprint density at radius 3 is 2.31 bits per heavy atom. The Hall–Kier alpha value is -4.29. The van der Waals surface area contributed by atoms with Crippen LogP contribution in [0.5, 0.6) is 5.75 Å². The zero-order valence-electron chi connectivity index (χ0n) is 19.4. The topological polar surface area (TPSA) is 61.9 Å². The standard InChI is InChI=1S/C29H22ClN3O3/c1-36-26-17-9-8-16-25(26)33-27(34)20-11-3-6-14-23(20)31-29(33)21-12-4-7-15-24(21)32(28(29)35)18-19-10-2-5-13-22(19)30/h2-17,31H,18H2,1H3/t29-/m1/s1. The summed E-state index contributed by atoms with van der Waals surface area (Å²) in [5.74, 6) is -0.0878. The summed E-state index contributed by atoms with van der Waals surface area (Å²) in [7, 11) is 1.55. The van der Waals surface area contributed by atoms with Crippen molar-refractivity contribution in [2.45, 2.75) is 12.2 Å². The van der Waals surface area contributed by atoms with E-state index in [4.69, 9.17) is 16.3 Å². The normalized spacial score (nSPS) is 18.2. The van der Waals surface area contributed by atoms with E-state index in [1.165, 1.54) is 4.90 Å². The van der Waals surface area contributed by atoms with Crippen molar-refractivity contribution in [1.29, 1.82) is 0 Å². The second-order valence-electron chi connectivity index (χ2n) is 8.69. The molecule has 2 aliphatic heterocycles. The van der Waals surface area contributed by atoms with E-state index in [0.29, 0.717) is 39.0 Å². The Morgan fingerprint density at radius 2 is 1.50 bits per heavy atom. The Balaban J connectivity index is 1.61. The van der Waals surface area contributed by atoms with Crippen molar-refractivity contribution >= 4 is 40.5 Å². The van der Waals surface area contributed by atoms with E-state index in [1.807, 2.05) is 72.8 Å². The molecule has 6 rings (SSSR count). The summed E-state index contributed by atoms with van der Waals surface area (Å²) >= 11 is 6.47. The summed E-state index contributed by atoms with van der Waals surface area (Å²) in [5, 5.41) is 4.04. The smallest absolute Gasteiger partial charge is 0.279 e. The molecule has 0 aromatic heterocycles. The second kappa shape index (κ2) is 8.43. The van der Waals surface area contributed by atoms with Crippen molar-refractivity contribution in [3.8, 4) is 5.75 Å². The second-order valence-corrected chi connectivity index (χ2v) is 9.10. The number of para-hydroxylation sites is 4. The van der Waals surface area contributed by atoms with Gasteiger partial charge in [-0.05, 0) is 42.0 Å². The maximum atomic E-state index is 14.6. The molecule has 1 N–H and O–H groups in total. The van der Waals surface area contributed by atoms with Crippen molar-refractivity contribution in [2.24, 2.45) is 0 Å². The summed E-state index contributed by atoms with van der Waals surface area (Å²) < 4.78 is 5.64. The molecule has 0 radical (unpaired) electrons. The molecule has 1 atom stereocenters. The van der Waals surface area contributed by atoms with E-state index in [2.05, 4.69) is 5.32 Å². The van der Waals surface area contributed by atoms with Crippen molar-refractivity contribution in [2.75, 3.05) is 22.2 Å². The van der Waals surface area contributed by atoms with Gasteiger partial charge in [0.15, 0.2) is 0 Å². The minimum absolute atomic E-state index is 0.258. The Labute approximate surface area is 213 Å². The fourth-order valence-corrected chi connectivity index (χ4v) is 5.33. The minimum Gasteiger partial charge on any atom is -0.495 e. The van der Waals surface area contributed by atoms with Crippen molar-refractivity contribution in [3.63, 3.8) is 0 Å². The molecule has 7 heteroatoms. The van der Waals surface area contributed by atoms with E-state index in [9.17, 15) is 9.59 Å². The van der Waals surface area contributed by atoms with Gasteiger partial charge in [0.1, 0.15) is 5.75 Å². The summed E-state index contributed by atoms with van der Waals surface area (Å²) in [6, 6.07) is 29.5. The third-order valence-corrected chi connectivity index (χ3v) is 7.13. The quantitative estimate of drug-likeness (QED) is 0.387. The van der Waals surface area contributed by atoms with Gasteiger partial charge in [-0.2, -0.15) is 0 Å². The molecular formula is C29H22ClN3O3. The molecule has 4 aromatic carbocycles. The van der Waals surface area contributed by atoms with Crippen LogP contribution < -0.4 is 19.9 Å². The lowest BCUT2D eigenvalue weighted by atomic mass is 9.92. The Bertz CT molecular complexity index is 1520. The molecule has 0 bridgehead atoms. The first-order chi connectivity index (χ1) is 17.6. The fraction of sp³-hybridized carbons (Fsp3) is 0.103. The number of hydrogen-bond donors (Lipinski definition) is 1. The molecule has 0 aliphatic carbocycles. The molecule has 0 saturated heterocycles. The van der Waals surface area contributed by atoms with Crippen molar-refractivity contribution in [3.05, 3.63) is 119 Å². The Morgan fingerprint density at radius 1 is 0.833 bits per heavy atom. The molecule has 2 amide bonds. The van der Waals surface area contributed by atoms with E-state index in [-0.39, 0.29) is 18.4 Å². The van der Waals surface area contributed by atoms with Crippen LogP contribution in [0.15, 0.2) is 97.1 Å². The van der Waals surface area contributed by atoms with E-state index in [0.717, 1.165) is 5.56 Å². The van der Waals surface area contributed by atoms with Crippen LogP contribution in [-0.4, -0.2) is 18.9 Å². The highest BCUT2D eigenvalue weighted by atomic mass is 35.5. The van der Waals surface area contributed by atoms with Gasteiger partial charge in [0.05, 0.1) is 30.6 Å². The molecule has 0 saturated carbocycles. The molecule has 6 nitrogen and oxygen atoms in total. The van der Waals surface area contributed by atoms with Gasteiger partial charge in [-0.3, -0.25) is 14.5 Å². The third-order valence-electron chi connectivity index (χ3n) is 6.76. The molecule has 2 aliphatic rings. The number of halogens is 1. The number of hydrogen-bond acceptors (Lipinski definition) is 4. The first-order valence-electron chi connectivity index (χ1n) is 11.6. The number of methoxy groups -OCH3 is 1. The first-order valence-corrected chi connectivity index (χ1v) is 11.9. The highest BCUT2D eigenvalue weighted by Crippen LogP contribution is 2.51. The summed E-state index contributed by atoms with van der Waals surface area (Å²) in [6.45, 7) is 0.258.